The number of hydrogen-bond acceptors (Lipinski definition) is 5. The molecular formula is C21H27ClF3N5O3. The zero-order valence-electron chi connectivity index (χ0n) is 18.6. The normalized spacial score (nSPS) is 16.7. The molecule has 0 spiro atoms. The Hall–Kier alpha value is -2.66. The molecule has 1 fully saturated rings. The smallest absolute Gasteiger partial charge is 0.475 e. The minimum Gasteiger partial charge on any atom is -0.475 e. The summed E-state index contributed by atoms with van der Waals surface area (Å²) in [7, 11) is 0. The van der Waals surface area contributed by atoms with Crippen LogP contribution in [0.5, 0.6) is 0 Å². The van der Waals surface area contributed by atoms with Crippen LogP contribution < -0.4 is 5.73 Å². The number of carboxylic acids is 1. The molecule has 2 aromatic rings. The van der Waals surface area contributed by atoms with Crippen LogP contribution in [-0.4, -0.2) is 56.1 Å². The first-order valence-electron chi connectivity index (χ1n) is 10.2. The first-order chi connectivity index (χ1) is 15.2. The van der Waals surface area contributed by atoms with Gasteiger partial charge in [-0.3, -0.25) is 9.48 Å². The van der Waals surface area contributed by atoms with Crippen molar-refractivity contribution < 1.29 is 27.9 Å². The van der Waals surface area contributed by atoms with Crippen LogP contribution in [0.15, 0.2) is 24.4 Å². The lowest BCUT2D eigenvalue weighted by Crippen LogP contribution is -2.41. The molecule has 33 heavy (non-hydrogen) atoms. The second kappa shape index (κ2) is 10.5. The van der Waals surface area contributed by atoms with Crippen LogP contribution in [0, 0.1) is 12.8 Å². The second-order valence-electron chi connectivity index (χ2n) is 8.57. The predicted molar refractivity (Wildman–Crippen MR) is 116 cm³/mol. The number of likely N-dealkylation sites (tertiary alicyclic amines) is 1. The Bertz CT molecular complexity index is 988. The van der Waals surface area contributed by atoms with E-state index in [2.05, 4.69) is 10.3 Å². The highest BCUT2D eigenvalue weighted by atomic mass is 35.5. The number of rotatable bonds is 4. The molecular weight excluding hydrogens is 463 g/mol. The van der Waals surface area contributed by atoms with Crippen molar-refractivity contribution in [1.82, 2.24) is 19.9 Å². The summed E-state index contributed by atoms with van der Waals surface area (Å²) < 4.78 is 33.6. The van der Waals surface area contributed by atoms with Crippen molar-refractivity contribution in [3.8, 4) is 0 Å². The van der Waals surface area contributed by atoms with E-state index in [1.807, 2.05) is 48.7 Å². The molecule has 3 rings (SSSR count). The number of halogens is 4. The van der Waals surface area contributed by atoms with Gasteiger partial charge in [-0.2, -0.15) is 13.2 Å². The topological polar surface area (TPSA) is 114 Å². The van der Waals surface area contributed by atoms with E-state index in [0.29, 0.717) is 10.9 Å². The molecule has 12 heteroatoms. The van der Waals surface area contributed by atoms with Crippen molar-refractivity contribution in [2.45, 2.75) is 51.9 Å². The van der Waals surface area contributed by atoms with Gasteiger partial charge in [0, 0.05) is 30.2 Å². The zero-order valence-corrected chi connectivity index (χ0v) is 19.3. The highest BCUT2D eigenvalue weighted by Crippen LogP contribution is 2.23. The van der Waals surface area contributed by atoms with Gasteiger partial charge in [0.1, 0.15) is 5.69 Å². The van der Waals surface area contributed by atoms with E-state index in [1.54, 1.807) is 6.07 Å². The zero-order chi connectivity index (χ0) is 25.0. The summed E-state index contributed by atoms with van der Waals surface area (Å²) in [4.78, 5) is 23.7. The fraction of sp³-hybridized carbons (Fsp3) is 0.524. The van der Waals surface area contributed by atoms with Gasteiger partial charge in [0.15, 0.2) is 0 Å². The summed E-state index contributed by atoms with van der Waals surface area (Å²) in [6.45, 7) is 8.00. The molecule has 0 bridgehead atoms. The first-order valence-corrected chi connectivity index (χ1v) is 10.6. The molecule has 8 nitrogen and oxygen atoms in total. The van der Waals surface area contributed by atoms with Crippen molar-refractivity contribution >= 4 is 23.5 Å². The maximum atomic E-state index is 12.9. The Morgan fingerprint density at radius 1 is 1.30 bits per heavy atom. The van der Waals surface area contributed by atoms with Crippen molar-refractivity contribution in [2.24, 2.45) is 11.7 Å². The quantitative estimate of drug-likeness (QED) is 0.678. The Balaban J connectivity index is 0.000000479. The largest absolute Gasteiger partial charge is 0.490 e. The van der Waals surface area contributed by atoms with Crippen molar-refractivity contribution in [3.63, 3.8) is 0 Å². The molecule has 1 saturated heterocycles. The van der Waals surface area contributed by atoms with Crippen LogP contribution in [0.25, 0.3) is 0 Å². The van der Waals surface area contributed by atoms with Gasteiger partial charge < -0.3 is 15.7 Å². The fourth-order valence-corrected chi connectivity index (χ4v) is 3.61. The molecule has 1 unspecified atom stereocenters. The number of amides is 1. The van der Waals surface area contributed by atoms with Gasteiger partial charge in [0.05, 0.1) is 11.7 Å². The number of carbonyl (C=O) groups excluding carboxylic acids is 1. The summed E-state index contributed by atoms with van der Waals surface area (Å²) in [6, 6.07) is 5.42. The lowest BCUT2D eigenvalue weighted by atomic mass is 9.96. The van der Waals surface area contributed by atoms with E-state index in [1.165, 1.54) is 0 Å². The lowest BCUT2D eigenvalue weighted by Gasteiger charge is -2.33. The highest BCUT2D eigenvalue weighted by molar-refractivity contribution is 6.30. The summed E-state index contributed by atoms with van der Waals surface area (Å²) in [5.74, 6) is -2.32. The maximum absolute atomic E-state index is 12.9. The maximum Gasteiger partial charge on any atom is 0.490 e. The molecule has 1 aromatic carbocycles. The van der Waals surface area contributed by atoms with Gasteiger partial charge in [0.25, 0.3) is 5.91 Å². The molecule has 3 N–H and O–H groups in total. The van der Waals surface area contributed by atoms with Gasteiger partial charge >= 0.3 is 12.1 Å². The molecule has 1 aliphatic heterocycles. The summed E-state index contributed by atoms with van der Waals surface area (Å²) >= 11 is 6.01. The molecule has 1 aromatic heterocycles. The number of aliphatic carboxylic acids is 1. The molecule has 0 radical (unpaired) electrons. The number of alkyl halides is 3. The molecule has 0 aliphatic carbocycles. The van der Waals surface area contributed by atoms with Crippen LogP contribution in [0.1, 0.15) is 48.3 Å². The third kappa shape index (κ3) is 7.71. The molecule has 1 aliphatic rings. The minimum atomic E-state index is -5.08. The summed E-state index contributed by atoms with van der Waals surface area (Å²) in [5, 5.41) is 16.1. The average molecular weight is 490 g/mol. The van der Waals surface area contributed by atoms with Crippen LogP contribution in [0.4, 0.5) is 13.2 Å². The number of hydrogen-bond donors (Lipinski definition) is 2. The van der Waals surface area contributed by atoms with E-state index in [4.69, 9.17) is 27.2 Å². The molecule has 0 saturated carbocycles. The minimum absolute atomic E-state index is 0.0752. The fourth-order valence-electron chi connectivity index (χ4n) is 3.38. The van der Waals surface area contributed by atoms with E-state index in [9.17, 15) is 18.0 Å². The Labute approximate surface area is 194 Å². The van der Waals surface area contributed by atoms with Crippen molar-refractivity contribution in [1.29, 1.82) is 0 Å². The Kier molecular flexibility index (Phi) is 8.47. The number of piperidine rings is 1. The van der Waals surface area contributed by atoms with Crippen molar-refractivity contribution in [3.05, 3.63) is 46.2 Å². The molecule has 2 heterocycles. The summed E-state index contributed by atoms with van der Waals surface area (Å²) in [5.41, 5.74) is 7.99. The highest BCUT2D eigenvalue weighted by Gasteiger charge is 2.38. The summed E-state index contributed by atoms with van der Waals surface area (Å²) in [6.07, 6.45) is -1.11. The number of carbonyl (C=O) groups is 2. The van der Waals surface area contributed by atoms with Gasteiger partial charge in [-0.05, 0) is 63.3 Å². The Morgan fingerprint density at radius 3 is 2.45 bits per heavy atom. The number of benzene rings is 1. The van der Waals surface area contributed by atoms with E-state index in [-0.39, 0.29) is 5.91 Å². The van der Waals surface area contributed by atoms with Crippen molar-refractivity contribution in [2.75, 3.05) is 13.1 Å². The van der Waals surface area contributed by atoms with E-state index in [0.717, 1.165) is 49.3 Å². The van der Waals surface area contributed by atoms with E-state index >= 15 is 0 Å². The SMILES string of the molecule is Cc1cc(Cl)ccc1C(=O)N1CCCC(Cn2cc(C(C)(C)N)nn2)C1.O=C(O)C(F)(F)F. The Morgan fingerprint density at radius 2 is 1.94 bits per heavy atom. The van der Waals surface area contributed by atoms with E-state index < -0.39 is 17.7 Å². The molecule has 182 valence electrons. The second-order valence-corrected chi connectivity index (χ2v) is 9.01. The number of carboxylic acid groups (broad SMARTS) is 1. The third-order valence-electron chi connectivity index (χ3n) is 5.11. The number of nitrogens with zero attached hydrogens (tertiary/aromatic N) is 4. The van der Waals surface area contributed by atoms with Gasteiger partial charge in [0.2, 0.25) is 0 Å². The monoisotopic (exact) mass is 489 g/mol. The third-order valence-corrected chi connectivity index (χ3v) is 5.35. The number of aromatic nitrogens is 3. The molecule has 1 atom stereocenters. The van der Waals surface area contributed by atoms with Crippen LogP contribution in [-0.2, 0) is 16.9 Å². The number of aryl methyl sites for hydroxylation is 1. The standard InChI is InChI=1S/C19H26ClN5O.C2HF3O2/c1-13-9-15(20)6-7-16(13)18(26)24-8-4-5-14(10-24)11-25-12-17(22-23-25)19(2,3)21;3-2(4,5)1(6)7/h6-7,9,12,14H,4-5,8,10-11,21H2,1-3H3;(H,6,7). The van der Waals surface area contributed by atoms with Gasteiger partial charge in [-0.15, -0.1) is 5.10 Å². The number of nitrogens with two attached hydrogens (primary N) is 1. The van der Waals surface area contributed by atoms with Gasteiger partial charge in [-0.1, -0.05) is 16.8 Å². The molecule has 1 amide bonds. The van der Waals surface area contributed by atoms with Crippen LogP contribution >= 0.6 is 11.6 Å². The van der Waals surface area contributed by atoms with Gasteiger partial charge in [-0.25, -0.2) is 4.79 Å². The predicted octanol–water partition coefficient (Wildman–Crippen LogP) is 3.62. The lowest BCUT2D eigenvalue weighted by molar-refractivity contribution is -0.192. The van der Waals surface area contributed by atoms with Crippen LogP contribution in [0.3, 0.4) is 0 Å². The average Bonchev–Trinajstić information content (AvgIpc) is 3.16. The first kappa shape index (κ1) is 26.6. The van der Waals surface area contributed by atoms with Crippen LogP contribution in [0.2, 0.25) is 5.02 Å².